The van der Waals surface area contributed by atoms with Crippen molar-refractivity contribution >= 4 is 23.3 Å². The first-order valence-electron chi connectivity index (χ1n) is 11.9. The summed E-state index contributed by atoms with van der Waals surface area (Å²) in [5, 5.41) is 2.72. The van der Waals surface area contributed by atoms with Crippen LogP contribution in [0.1, 0.15) is 64.5 Å². The summed E-state index contributed by atoms with van der Waals surface area (Å²) in [6, 6.07) is 2.02. The third-order valence-electron chi connectivity index (χ3n) is 5.35. The minimum atomic E-state index is -0.529. The van der Waals surface area contributed by atoms with E-state index in [1.165, 1.54) is 0 Å². The van der Waals surface area contributed by atoms with E-state index in [1.807, 2.05) is 45.1 Å². The molecule has 186 valence electrons. The van der Waals surface area contributed by atoms with Gasteiger partial charge in [-0.05, 0) is 48.4 Å². The molecule has 1 rings (SSSR count). The molecular weight excluding hydrogens is 428 g/mol. The Labute approximate surface area is 204 Å². The molecule has 0 aromatic carbocycles. The number of nitrogens with one attached hydrogen (secondary N) is 1. The van der Waals surface area contributed by atoms with E-state index in [9.17, 15) is 14.4 Å². The smallest absolute Gasteiger partial charge is 0.242 e. The number of rotatable bonds is 15. The Balaban J connectivity index is 2.93. The van der Waals surface area contributed by atoms with Crippen molar-refractivity contribution in [3.63, 3.8) is 0 Å². The number of hydrogen-bond acceptors (Lipinski definition) is 4. The van der Waals surface area contributed by atoms with Crippen LogP contribution in [0.3, 0.4) is 0 Å². The van der Waals surface area contributed by atoms with Gasteiger partial charge in [0.25, 0.3) is 0 Å². The molecule has 7 nitrogen and oxygen atoms in total. The maximum absolute atomic E-state index is 13.0. The Hall–Kier alpha value is -3.22. The van der Waals surface area contributed by atoms with Gasteiger partial charge in [0.15, 0.2) is 0 Å². The molecule has 3 N–H and O–H groups in total. The van der Waals surface area contributed by atoms with Crippen molar-refractivity contribution in [3.8, 4) is 0 Å². The third-order valence-corrected chi connectivity index (χ3v) is 5.35. The van der Waals surface area contributed by atoms with Crippen LogP contribution in [0.25, 0.3) is 5.57 Å². The maximum Gasteiger partial charge on any atom is 0.242 e. The van der Waals surface area contributed by atoms with E-state index >= 15 is 0 Å². The molecule has 0 saturated heterocycles. The predicted octanol–water partition coefficient (Wildman–Crippen LogP) is 4.01. The van der Waals surface area contributed by atoms with E-state index in [0.717, 1.165) is 29.5 Å². The molecule has 3 amide bonds. The number of carbonyl (C=O) groups is 3. The summed E-state index contributed by atoms with van der Waals surface area (Å²) in [7, 11) is 0. The van der Waals surface area contributed by atoms with Crippen LogP contribution in [0.2, 0.25) is 0 Å². The zero-order valence-electron chi connectivity index (χ0n) is 21.0. The van der Waals surface area contributed by atoms with Crippen molar-refractivity contribution in [1.82, 2.24) is 15.2 Å². The average Bonchev–Trinajstić information content (AvgIpc) is 2.79. The Morgan fingerprint density at radius 1 is 1.26 bits per heavy atom. The number of carbonyl (C=O) groups excluding carboxylic acids is 3. The number of aromatic nitrogens is 1. The van der Waals surface area contributed by atoms with Crippen LogP contribution in [-0.4, -0.2) is 40.7 Å². The Morgan fingerprint density at radius 3 is 2.59 bits per heavy atom. The van der Waals surface area contributed by atoms with Crippen LogP contribution >= 0.6 is 0 Å². The van der Waals surface area contributed by atoms with E-state index in [2.05, 4.69) is 23.8 Å². The normalized spacial score (nSPS) is 12.6. The summed E-state index contributed by atoms with van der Waals surface area (Å²) < 4.78 is 0. The van der Waals surface area contributed by atoms with Crippen molar-refractivity contribution < 1.29 is 14.4 Å². The van der Waals surface area contributed by atoms with E-state index in [-0.39, 0.29) is 30.7 Å². The first-order chi connectivity index (χ1) is 16.2. The fraction of sp³-hybridized carbons (Fsp3) is 0.481. The second-order valence-corrected chi connectivity index (χ2v) is 8.80. The van der Waals surface area contributed by atoms with Gasteiger partial charge in [0.1, 0.15) is 0 Å². The highest BCUT2D eigenvalue weighted by molar-refractivity contribution is 5.88. The van der Waals surface area contributed by atoms with Crippen molar-refractivity contribution in [2.75, 3.05) is 13.1 Å². The highest BCUT2D eigenvalue weighted by atomic mass is 16.2. The Bertz CT molecular complexity index is 890. The molecule has 1 aromatic rings. The van der Waals surface area contributed by atoms with Crippen molar-refractivity contribution in [1.29, 1.82) is 0 Å². The van der Waals surface area contributed by atoms with Gasteiger partial charge in [-0.1, -0.05) is 58.1 Å². The molecular formula is C27H40N4O3. The van der Waals surface area contributed by atoms with E-state index in [0.29, 0.717) is 19.5 Å². The quantitative estimate of drug-likeness (QED) is 0.379. The Kier molecular flexibility index (Phi) is 13.2. The van der Waals surface area contributed by atoms with Gasteiger partial charge in [-0.3, -0.25) is 19.4 Å². The minimum Gasteiger partial charge on any atom is -0.370 e. The molecule has 0 aliphatic heterocycles. The number of nitrogens with two attached hydrogens (primary N) is 1. The van der Waals surface area contributed by atoms with Crippen molar-refractivity contribution in [2.24, 2.45) is 17.6 Å². The number of pyridine rings is 1. The maximum atomic E-state index is 13.0. The fourth-order valence-corrected chi connectivity index (χ4v) is 3.64. The molecule has 0 aliphatic rings. The highest BCUT2D eigenvalue weighted by Gasteiger charge is 2.23. The highest BCUT2D eigenvalue weighted by Crippen LogP contribution is 2.18. The first kappa shape index (κ1) is 28.8. The third kappa shape index (κ3) is 10.6. The molecule has 1 atom stereocenters. The molecule has 1 unspecified atom stereocenters. The van der Waals surface area contributed by atoms with Gasteiger partial charge >= 0.3 is 0 Å². The summed E-state index contributed by atoms with van der Waals surface area (Å²) in [5.41, 5.74) is 8.19. The summed E-state index contributed by atoms with van der Waals surface area (Å²) in [6.07, 6.45) is 13.4. The molecule has 0 saturated carbocycles. The number of nitrogens with zero attached hydrogens (tertiary/aromatic N) is 2. The topological polar surface area (TPSA) is 105 Å². The zero-order valence-corrected chi connectivity index (χ0v) is 21.0. The van der Waals surface area contributed by atoms with E-state index in [4.69, 9.17) is 5.73 Å². The van der Waals surface area contributed by atoms with Crippen molar-refractivity contribution in [2.45, 2.75) is 59.9 Å². The average molecular weight is 469 g/mol. The summed E-state index contributed by atoms with van der Waals surface area (Å²) in [6.45, 7) is 12.6. The lowest BCUT2D eigenvalue weighted by molar-refractivity contribution is -0.135. The first-order valence-corrected chi connectivity index (χ1v) is 11.9. The second-order valence-electron chi connectivity index (χ2n) is 8.80. The number of amides is 3. The van der Waals surface area contributed by atoms with E-state index < -0.39 is 11.8 Å². The molecule has 1 heterocycles. The number of unbranched alkanes of at least 4 members (excludes halogenated alkanes) is 1. The van der Waals surface area contributed by atoms with Crippen LogP contribution < -0.4 is 11.1 Å². The van der Waals surface area contributed by atoms with Crippen LogP contribution in [0, 0.1) is 11.8 Å². The molecule has 1 aromatic heterocycles. The molecule has 0 fully saturated rings. The number of allylic oxidation sites excluding steroid dienone is 5. The van der Waals surface area contributed by atoms with Gasteiger partial charge in [0.2, 0.25) is 17.7 Å². The lowest BCUT2D eigenvalue weighted by Crippen LogP contribution is -2.43. The lowest BCUT2D eigenvalue weighted by Gasteiger charge is -2.24. The molecule has 7 heteroatoms. The molecule has 0 radical (unpaired) electrons. The second kappa shape index (κ2) is 15.6. The van der Waals surface area contributed by atoms with Gasteiger partial charge in [-0.15, -0.1) is 0 Å². The van der Waals surface area contributed by atoms with Crippen LogP contribution in [0.15, 0.2) is 49.3 Å². The largest absolute Gasteiger partial charge is 0.370 e. The predicted molar refractivity (Wildman–Crippen MR) is 137 cm³/mol. The monoisotopic (exact) mass is 468 g/mol. The minimum absolute atomic E-state index is 0.0240. The van der Waals surface area contributed by atoms with Crippen LogP contribution in [0.4, 0.5) is 0 Å². The SMILES string of the molecule is C=C/C=C\C(=C/C)c1cncc(CN(CCCC)C(=O)CNC(=O)C(CC(N)=O)CC(C)C)c1. The summed E-state index contributed by atoms with van der Waals surface area (Å²) in [4.78, 5) is 43.1. The lowest BCUT2D eigenvalue weighted by atomic mass is 9.93. The fourth-order valence-electron chi connectivity index (χ4n) is 3.64. The van der Waals surface area contributed by atoms with Gasteiger partial charge in [0.05, 0.1) is 6.54 Å². The van der Waals surface area contributed by atoms with E-state index in [1.54, 1.807) is 23.4 Å². The van der Waals surface area contributed by atoms with Crippen LogP contribution in [-0.2, 0) is 20.9 Å². The van der Waals surface area contributed by atoms with Crippen molar-refractivity contribution in [3.05, 3.63) is 60.5 Å². The summed E-state index contributed by atoms with van der Waals surface area (Å²) in [5.74, 6) is -1.31. The molecule has 34 heavy (non-hydrogen) atoms. The van der Waals surface area contributed by atoms with Crippen LogP contribution in [0.5, 0.6) is 0 Å². The van der Waals surface area contributed by atoms with Gasteiger partial charge in [-0.25, -0.2) is 0 Å². The Morgan fingerprint density at radius 2 is 2.00 bits per heavy atom. The number of primary amides is 1. The number of hydrogen-bond donors (Lipinski definition) is 2. The zero-order chi connectivity index (χ0) is 25.5. The van der Waals surface area contributed by atoms with Gasteiger partial charge < -0.3 is 16.0 Å². The summed E-state index contributed by atoms with van der Waals surface area (Å²) >= 11 is 0. The molecule has 0 aliphatic carbocycles. The molecule has 0 bridgehead atoms. The molecule has 0 spiro atoms. The standard InChI is InChI=1S/C27H40N4O3/c1-6-9-11-22(8-3)24-14-21(16-29-17-24)19-31(12-10-7-2)26(33)18-30-27(34)23(13-20(4)5)15-25(28)32/h6,8-9,11,14,16-17,20,23H,1,7,10,12-13,15,18-19H2,2-5H3,(H2,28,32)(H,30,34)/b11-9-,22-8+. The van der Waals surface area contributed by atoms with Gasteiger partial charge in [0, 0.05) is 37.8 Å². The van der Waals surface area contributed by atoms with Gasteiger partial charge in [-0.2, -0.15) is 0 Å².